The summed E-state index contributed by atoms with van der Waals surface area (Å²) >= 11 is 0. The van der Waals surface area contributed by atoms with Crippen molar-refractivity contribution < 1.29 is 14.0 Å². The number of amides is 2. The van der Waals surface area contributed by atoms with Crippen LogP contribution in [-0.4, -0.2) is 16.4 Å². The Hall–Kier alpha value is -3.28. The molecule has 1 aromatic carbocycles. The highest BCUT2D eigenvalue weighted by molar-refractivity contribution is 5.98. The normalized spacial score (nSPS) is 11.8. The third-order valence-corrected chi connectivity index (χ3v) is 4.43. The predicted molar refractivity (Wildman–Crippen MR) is 97.8 cm³/mol. The first-order valence-electron chi connectivity index (χ1n) is 8.36. The summed E-state index contributed by atoms with van der Waals surface area (Å²) in [5, 5.41) is 0. The van der Waals surface area contributed by atoms with Crippen molar-refractivity contribution in [3.8, 4) is 0 Å². The smallest absolute Gasteiger partial charge is 0.305 e. The van der Waals surface area contributed by atoms with Crippen LogP contribution in [0, 0.1) is 13.8 Å². The molecule has 6 nitrogen and oxygen atoms in total. The Kier molecular flexibility index (Phi) is 4.93. The van der Waals surface area contributed by atoms with Gasteiger partial charge in [-0.2, -0.15) is 0 Å². The summed E-state index contributed by atoms with van der Waals surface area (Å²) < 4.78 is 7.10. The molecule has 0 radical (unpaired) electrons. The lowest BCUT2D eigenvalue weighted by Gasteiger charge is -2.19. The first-order valence-corrected chi connectivity index (χ1v) is 8.36. The van der Waals surface area contributed by atoms with Crippen molar-refractivity contribution in [3.63, 3.8) is 0 Å². The van der Waals surface area contributed by atoms with Crippen molar-refractivity contribution in [2.45, 2.75) is 26.8 Å². The van der Waals surface area contributed by atoms with Crippen LogP contribution >= 0.6 is 0 Å². The maximum atomic E-state index is 12.5. The molecule has 2 N–H and O–H groups in total. The van der Waals surface area contributed by atoms with Gasteiger partial charge in [0.05, 0.1) is 17.9 Å². The molecule has 2 amide bonds. The van der Waals surface area contributed by atoms with Crippen molar-refractivity contribution in [1.29, 1.82) is 0 Å². The van der Waals surface area contributed by atoms with E-state index in [4.69, 9.17) is 4.42 Å². The zero-order valence-corrected chi connectivity index (χ0v) is 14.9. The molecule has 6 heteroatoms. The molecule has 0 aliphatic heterocycles. The molecule has 0 bridgehead atoms. The molecule has 134 valence electrons. The van der Waals surface area contributed by atoms with E-state index in [0.717, 1.165) is 17.0 Å². The SMILES string of the molecule is Cc1cc(C(=O)NNC(=O)c2ccco2)c(C)n1[C@@H](C)c1ccccc1. The van der Waals surface area contributed by atoms with E-state index in [9.17, 15) is 9.59 Å². The molecule has 0 fully saturated rings. The topological polar surface area (TPSA) is 76.3 Å². The number of hydrogen-bond acceptors (Lipinski definition) is 3. The largest absolute Gasteiger partial charge is 0.459 e. The summed E-state index contributed by atoms with van der Waals surface area (Å²) in [4.78, 5) is 24.4. The number of rotatable bonds is 4. The van der Waals surface area contributed by atoms with Crippen LogP contribution in [0.25, 0.3) is 0 Å². The van der Waals surface area contributed by atoms with Gasteiger partial charge in [0.25, 0.3) is 5.91 Å². The minimum absolute atomic E-state index is 0.0930. The monoisotopic (exact) mass is 351 g/mol. The van der Waals surface area contributed by atoms with Gasteiger partial charge < -0.3 is 8.98 Å². The van der Waals surface area contributed by atoms with Gasteiger partial charge in [0.15, 0.2) is 5.76 Å². The van der Waals surface area contributed by atoms with Crippen molar-refractivity contribution in [3.05, 3.63) is 83.1 Å². The first kappa shape index (κ1) is 17.5. The second-order valence-electron chi connectivity index (χ2n) is 6.13. The fourth-order valence-electron chi connectivity index (χ4n) is 3.13. The predicted octanol–water partition coefficient (Wildman–Crippen LogP) is 3.38. The Labute approximate surface area is 151 Å². The van der Waals surface area contributed by atoms with E-state index in [2.05, 4.69) is 34.5 Å². The zero-order chi connectivity index (χ0) is 18.7. The lowest BCUT2D eigenvalue weighted by Crippen LogP contribution is -2.41. The summed E-state index contributed by atoms with van der Waals surface area (Å²) in [6.07, 6.45) is 1.40. The van der Waals surface area contributed by atoms with Gasteiger partial charge in [-0.15, -0.1) is 0 Å². The summed E-state index contributed by atoms with van der Waals surface area (Å²) in [6, 6.07) is 15.1. The lowest BCUT2D eigenvalue weighted by atomic mass is 10.1. The van der Waals surface area contributed by atoms with Crippen LogP contribution in [0.2, 0.25) is 0 Å². The Morgan fingerprint density at radius 3 is 2.35 bits per heavy atom. The van der Waals surface area contributed by atoms with Crippen LogP contribution in [0.4, 0.5) is 0 Å². The van der Waals surface area contributed by atoms with Gasteiger partial charge in [-0.05, 0) is 44.5 Å². The van der Waals surface area contributed by atoms with Gasteiger partial charge in [-0.25, -0.2) is 0 Å². The number of carbonyl (C=O) groups excluding carboxylic acids is 2. The fourth-order valence-corrected chi connectivity index (χ4v) is 3.13. The zero-order valence-electron chi connectivity index (χ0n) is 14.9. The van der Waals surface area contributed by atoms with Crippen molar-refractivity contribution in [2.75, 3.05) is 0 Å². The van der Waals surface area contributed by atoms with Crippen molar-refractivity contribution in [1.82, 2.24) is 15.4 Å². The summed E-state index contributed by atoms with van der Waals surface area (Å²) in [5.74, 6) is -0.743. The van der Waals surface area contributed by atoms with Crippen LogP contribution in [-0.2, 0) is 0 Å². The molecule has 3 aromatic rings. The Balaban J connectivity index is 1.77. The molecule has 26 heavy (non-hydrogen) atoms. The third kappa shape index (κ3) is 3.39. The number of aromatic nitrogens is 1. The van der Waals surface area contributed by atoms with E-state index < -0.39 is 5.91 Å². The Bertz CT molecular complexity index is 911. The van der Waals surface area contributed by atoms with Gasteiger partial charge in [-0.3, -0.25) is 20.4 Å². The highest BCUT2D eigenvalue weighted by Gasteiger charge is 2.20. The van der Waals surface area contributed by atoms with E-state index in [1.54, 1.807) is 6.07 Å². The molecule has 0 unspecified atom stereocenters. The van der Waals surface area contributed by atoms with E-state index in [1.165, 1.54) is 12.3 Å². The van der Waals surface area contributed by atoms with E-state index in [1.807, 2.05) is 38.1 Å². The first-order chi connectivity index (χ1) is 12.5. The summed E-state index contributed by atoms with van der Waals surface area (Å²) in [6.45, 7) is 5.95. The van der Waals surface area contributed by atoms with Gasteiger partial charge >= 0.3 is 5.91 Å². The molecule has 0 aliphatic rings. The van der Waals surface area contributed by atoms with Crippen molar-refractivity contribution >= 4 is 11.8 Å². The number of benzene rings is 1. The molecule has 2 heterocycles. The number of furan rings is 1. The van der Waals surface area contributed by atoms with Crippen LogP contribution in [0.3, 0.4) is 0 Å². The molecule has 0 spiro atoms. The molecular formula is C20H21N3O3. The van der Waals surface area contributed by atoms with Crippen LogP contribution in [0.1, 0.15) is 50.8 Å². The standard InChI is InChI=1S/C20H21N3O3/c1-13-12-17(19(24)21-22-20(25)18-10-7-11-26-18)15(3)23(13)14(2)16-8-5-4-6-9-16/h4-12,14H,1-3H3,(H,21,24)(H,22,25)/t14-/m0/s1. The average Bonchev–Trinajstić information content (AvgIpc) is 3.28. The van der Waals surface area contributed by atoms with Crippen LogP contribution in [0.15, 0.2) is 59.2 Å². The average molecular weight is 351 g/mol. The van der Waals surface area contributed by atoms with Gasteiger partial charge in [-0.1, -0.05) is 30.3 Å². The molecule has 0 aliphatic carbocycles. The minimum Gasteiger partial charge on any atom is -0.459 e. The number of aryl methyl sites for hydroxylation is 1. The molecule has 1 atom stereocenters. The van der Waals surface area contributed by atoms with Crippen LogP contribution < -0.4 is 10.9 Å². The lowest BCUT2D eigenvalue weighted by molar-refractivity contribution is 0.0830. The summed E-state index contributed by atoms with van der Waals surface area (Å²) in [5.41, 5.74) is 8.28. The van der Waals surface area contributed by atoms with E-state index >= 15 is 0 Å². The molecular weight excluding hydrogens is 330 g/mol. The number of carbonyl (C=O) groups is 2. The van der Waals surface area contributed by atoms with Gasteiger partial charge in [0.2, 0.25) is 0 Å². The number of nitrogens with one attached hydrogen (secondary N) is 2. The molecule has 2 aromatic heterocycles. The second kappa shape index (κ2) is 7.31. The fraction of sp³-hybridized carbons (Fsp3) is 0.200. The van der Waals surface area contributed by atoms with Gasteiger partial charge in [0.1, 0.15) is 0 Å². The summed E-state index contributed by atoms with van der Waals surface area (Å²) in [7, 11) is 0. The molecule has 3 rings (SSSR count). The number of hydrazine groups is 1. The van der Waals surface area contributed by atoms with E-state index in [0.29, 0.717) is 5.56 Å². The maximum absolute atomic E-state index is 12.5. The van der Waals surface area contributed by atoms with Crippen LogP contribution in [0.5, 0.6) is 0 Å². The number of hydrogen-bond donors (Lipinski definition) is 2. The van der Waals surface area contributed by atoms with Crippen molar-refractivity contribution in [2.24, 2.45) is 0 Å². The van der Waals surface area contributed by atoms with E-state index in [-0.39, 0.29) is 17.7 Å². The third-order valence-electron chi connectivity index (χ3n) is 4.43. The minimum atomic E-state index is -0.505. The molecule has 0 saturated heterocycles. The maximum Gasteiger partial charge on any atom is 0.305 e. The quantitative estimate of drug-likeness (QED) is 0.708. The Morgan fingerprint density at radius 1 is 1.00 bits per heavy atom. The molecule has 0 saturated carbocycles. The van der Waals surface area contributed by atoms with Gasteiger partial charge in [0, 0.05) is 11.4 Å². The second-order valence-corrected chi connectivity index (χ2v) is 6.13. The highest BCUT2D eigenvalue weighted by Crippen LogP contribution is 2.25. The highest BCUT2D eigenvalue weighted by atomic mass is 16.3. The Morgan fingerprint density at radius 2 is 1.69 bits per heavy atom. The number of nitrogens with zero attached hydrogens (tertiary/aromatic N) is 1.